The van der Waals surface area contributed by atoms with Crippen molar-refractivity contribution in [1.82, 2.24) is 5.32 Å². The molecule has 0 fully saturated rings. The number of amides is 1. The minimum Gasteiger partial charge on any atom is -0.493 e. The number of benzene rings is 2. The molecule has 27 heavy (non-hydrogen) atoms. The van der Waals surface area contributed by atoms with Gasteiger partial charge in [-0.3, -0.25) is 4.79 Å². The van der Waals surface area contributed by atoms with E-state index in [9.17, 15) is 4.79 Å². The first kappa shape index (κ1) is 20.2. The van der Waals surface area contributed by atoms with Crippen molar-refractivity contribution in [1.29, 1.82) is 0 Å². The van der Waals surface area contributed by atoms with Gasteiger partial charge in [0.1, 0.15) is 0 Å². The fraction of sp³-hybridized carbons (Fsp3) is 0.350. The minimum atomic E-state index is -0.267. The standard InChI is InChI=1S/C20H25NO6/c1-12(13-7-8-15(23-2)16(9-13)24-3)21-20(22)14-10-17(25-4)19(27-6)18(11-14)26-5/h7-12H,1-6H3,(H,21,22). The molecule has 0 aliphatic carbocycles. The van der Waals surface area contributed by atoms with Crippen molar-refractivity contribution in [2.24, 2.45) is 0 Å². The van der Waals surface area contributed by atoms with Crippen LogP contribution in [0.25, 0.3) is 0 Å². The largest absolute Gasteiger partial charge is 0.493 e. The van der Waals surface area contributed by atoms with Crippen LogP contribution >= 0.6 is 0 Å². The number of ether oxygens (including phenoxy) is 5. The average Bonchev–Trinajstić information content (AvgIpc) is 2.71. The van der Waals surface area contributed by atoms with Gasteiger partial charge in [-0.1, -0.05) is 6.07 Å². The summed E-state index contributed by atoms with van der Waals surface area (Å²) in [5, 5.41) is 2.95. The molecule has 146 valence electrons. The van der Waals surface area contributed by atoms with E-state index in [1.54, 1.807) is 32.4 Å². The summed E-state index contributed by atoms with van der Waals surface area (Å²) in [6, 6.07) is 8.48. The molecule has 7 heteroatoms. The lowest BCUT2D eigenvalue weighted by Gasteiger charge is -2.18. The zero-order chi connectivity index (χ0) is 20.0. The summed E-state index contributed by atoms with van der Waals surface area (Å²) in [6.07, 6.45) is 0. The summed E-state index contributed by atoms with van der Waals surface area (Å²) >= 11 is 0. The van der Waals surface area contributed by atoms with Gasteiger partial charge in [0.05, 0.1) is 41.6 Å². The molecule has 0 aliphatic rings. The number of hydrogen-bond acceptors (Lipinski definition) is 6. The second-order valence-electron chi connectivity index (χ2n) is 5.72. The zero-order valence-electron chi connectivity index (χ0n) is 16.4. The maximum Gasteiger partial charge on any atom is 0.252 e. The molecular formula is C20H25NO6. The summed E-state index contributed by atoms with van der Waals surface area (Å²) in [5.74, 6) is 2.23. The highest BCUT2D eigenvalue weighted by Gasteiger charge is 2.19. The molecule has 2 aromatic carbocycles. The molecule has 2 aromatic rings. The average molecular weight is 375 g/mol. The first-order chi connectivity index (χ1) is 13.0. The number of hydrogen-bond donors (Lipinski definition) is 1. The van der Waals surface area contributed by atoms with E-state index in [4.69, 9.17) is 23.7 Å². The maximum absolute atomic E-state index is 12.7. The third-order valence-electron chi connectivity index (χ3n) is 4.18. The van der Waals surface area contributed by atoms with Gasteiger partial charge in [0.15, 0.2) is 23.0 Å². The van der Waals surface area contributed by atoms with Crippen LogP contribution in [0.3, 0.4) is 0 Å². The molecule has 0 aromatic heterocycles. The van der Waals surface area contributed by atoms with Crippen LogP contribution in [-0.4, -0.2) is 41.5 Å². The van der Waals surface area contributed by atoms with E-state index in [2.05, 4.69) is 5.32 Å². The van der Waals surface area contributed by atoms with E-state index in [0.29, 0.717) is 34.3 Å². The fourth-order valence-electron chi connectivity index (χ4n) is 2.70. The van der Waals surface area contributed by atoms with Gasteiger partial charge in [-0.05, 0) is 36.8 Å². The minimum absolute atomic E-state index is 0.253. The first-order valence-corrected chi connectivity index (χ1v) is 8.31. The highest BCUT2D eigenvalue weighted by atomic mass is 16.5. The predicted molar refractivity (Wildman–Crippen MR) is 102 cm³/mol. The second-order valence-corrected chi connectivity index (χ2v) is 5.72. The predicted octanol–water partition coefficient (Wildman–Crippen LogP) is 3.22. The molecule has 1 atom stereocenters. The molecular weight excluding hydrogens is 350 g/mol. The monoisotopic (exact) mass is 375 g/mol. The Hall–Kier alpha value is -3.09. The fourth-order valence-corrected chi connectivity index (χ4v) is 2.70. The van der Waals surface area contributed by atoms with Crippen molar-refractivity contribution in [3.8, 4) is 28.7 Å². The Balaban J connectivity index is 2.26. The van der Waals surface area contributed by atoms with Gasteiger partial charge in [0, 0.05) is 5.56 Å². The van der Waals surface area contributed by atoms with Crippen LogP contribution < -0.4 is 29.0 Å². The molecule has 0 saturated carbocycles. The molecule has 1 amide bonds. The number of nitrogens with one attached hydrogen (secondary N) is 1. The number of methoxy groups -OCH3 is 5. The zero-order valence-corrected chi connectivity index (χ0v) is 16.4. The topological polar surface area (TPSA) is 75.3 Å². The summed E-state index contributed by atoms with van der Waals surface area (Å²) in [5.41, 5.74) is 1.28. The Morgan fingerprint density at radius 2 is 1.33 bits per heavy atom. The van der Waals surface area contributed by atoms with E-state index < -0.39 is 0 Å². The summed E-state index contributed by atoms with van der Waals surface area (Å²) in [7, 11) is 7.67. The molecule has 1 N–H and O–H groups in total. The Bertz CT molecular complexity index is 780. The third kappa shape index (κ3) is 4.36. The molecule has 7 nitrogen and oxygen atoms in total. The Morgan fingerprint density at radius 1 is 0.778 bits per heavy atom. The molecule has 2 rings (SSSR count). The smallest absolute Gasteiger partial charge is 0.252 e. The van der Waals surface area contributed by atoms with Crippen LogP contribution in [0, 0.1) is 0 Å². The molecule has 0 spiro atoms. The van der Waals surface area contributed by atoms with Crippen molar-refractivity contribution in [3.63, 3.8) is 0 Å². The first-order valence-electron chi connectivity index (χ1n) is 8.31. The molecule has 0 heterocycles. The van der Waals surface area contributed by atoms with Gasteiger partial charge >= 0.3 is 0 Å². The molecule has 1 unspecified atom stereocenters. The van der Waals surface area contributed by atoms with E-state index in [-0.39, 0.29) is 11.9 Å². The van der Waals surface area contributed by atoms with Crippen LogP contribution in [0.1, 0.15) is 28.9 Å². The lowest BCUT2D eigenvalue weighted by molar-refractivity contribution is 0.0939. The quantitative estimate of drug-likeness (QED) is 0.764. The van der Waals surface area contributed by atoms with Crippen molar-refractivity contribution < 1.29 is 28.5 Å². The van der Waals surface area contributed by atoms with Crippen molar-refractivity contribution >= 4 is 5.91 Å². The molecule has 0 saturated heterocycles. The Morgan fingerprint density at radius 3 is 1.81 bits per heavy atom. The summed E-state index contributed by atoms with van der Waals surface area (Å²) in [4.78, 5) is 12.7. The number of carbonyl (C=O) groups excluding carboxylic acids is 1. The lowest BCUT2D eigenvalue weighted by Crippen LogP contribution is -2.26. The molecule has 0 aliphatic heterocycles. The van der Waals surface area contributed by atoms with E-state index in [0.717, 1.165) is 5.56 Å². The number of rotatable bonds is 8. The highest BCUT2D eigenvalue weighted by molar-refractivity contribution is 5.95. The van der Waals surface area contributed by atoms with Crippen LogP contribution in [0.15, 0.2) is 30.3 Å². The van der Waals surface area contributed by atoms with Gasteiger partial charge in [-0.2, -0.15) is 0 Å². The van der Waals surface area contributed by atoms with E-state index >= 15 is 0 Å². The third-order valence-corrected chi connectivity index (χ3v) is 4.18. The maximum atomic E-state index is 12.7. The molecule has 0 bridgehead atoms. The van der Waals surface area contributed by atoms with Crippen LogP contribution in [-0.2, 0) is 0 Å². The second kappa shape index (κ2) is 9.02. The van der Waals surface area contributed by atoms with Crippen LogP contribution in [0.4, 0.5) is 0 Å². The van der Waals surface area contributed by atoms with E-state index in [1.807, 2.05) is 19.1 Å². The van der Waals surface area contributed by atoms with Gasteiger partial charge in [-0.25, -0.2) is 0 Å². The van der Waals surface area contributed by atoms with Gasteiger partial charge in [0.25, 0.3) is 5.91 Å². The van der Waals surface area contributed by atoms with Crippen LogP contribution in [0.2, 0.25) is 0 Å². The van der Waals surface area contributed by atoms with E-state index in [1.165, 1.54) is 21.3 Å². The summed E-state index contributed by atoms with van der Waals surface area (Å²) in [6.45, 7) is 1.89. The van der Waals surface area contributed by atoms with Gasteiger partial charge in [0.2, 0.25) is 5.75 Å². The van der Waals surface area contributed by atoms with Gasteiger partial charge < -0.3 is 29.0 Å². The number of carbonyl (C=O) groups is 1. The van der Waals surface area contributed by atoms with Crippen LogP contribution in [0.5, 0.6) is 28.7 Å². The Labute approximate surface area is 159 Å². The summed E-state index contributed by atoms with van der Waals surface area (Å²) < 4.78 is 26.4. The SMILES string of the molecule is COc1ccc(C(C)NC(=O)c2cc(OC)c(OC)c(OC)c2)cc1OC. The van der Waals surface area contributed by atoms with Gasteiger partial charge in [-0.15, -0.1) is 0 Å². The molecule has 0 radical (unpaired) electrons. The van der Waals surface area contributed by atoms with Crippen molar-refractivity contribution in [2.75, 3.05) is 35.5 Å². The van der Waals surface area contributed by atoms with Crippen molar-refractivity contribution in [2.45, 2.75) is 13.0 Å². The highest BCUT2D eigenvalue weighted by Crippen LogP contribution is 2.38. The normalized spacial score (nSPS) is 11.3. The lowest BCUT2D eigenvalue weighted by atomic mass is 10.1. The van der Waals surface area contributed by atoms with Crippen molar-refractivity contribution in [3.05, 3.63) is 41.5 Å². The Kier molecular flexibility index (Phi) is 6.76.